The van der Waals surface area contributed by atoms with Crippen molar-refractivity contribution in [1.29, 1.82) is 0 Å². The first-order valence-corrected chi connectivity index (χ1v) is 6.08. The highest BCUT2D eigenvalue weighted by molar-refractivity contribution is 6.30. The third kappa shape index (κ3) is 2.26. The fourth-order valence-electron chi connectivity index (χ4n) is 2.10. The van der Waals surface area contributed by atoms with Crippen LogP contribution < -0.4 is 0 Å². The molecule has 0 heterocycles. The summed E-state index contributed by atoms with van der Waals surface area (Å²) in [5, 5.41) is 0.853. The molecule has 1 heteroatoms. The Morgan fingerprint density at radius 2 is 2.20 bits per heavy atom. The Morgan fingerprint density at radius 1 is 1.40 bits per heavy atom. The lowest BCUT2D eigenvalue weighted by Crippen LogP contribution is -1.88. The molecule has 0 bridgehead atoms. The largest absolute Gasteiger partial charge is 0.0843 e. The van der Waals surface area contributed by atoms with Crippen LogP contribution >= 0.6 is 11.6 Å². The van der Waals surface area contributed by atoms with Gasteiger partial charge in [-0.25, -0.2) is 0 Å². The molecular weight excluding hydrogens is 204 g/mol. The number of benzene rings is 1. The van der Waals surface area contributed by atoms with Crippen LogP contribution in [-0.2, 0) is 6.42 Å². The summed E-state index contributed by atoms with van der Waals surface area (Å²) >= 11 is 6.03. The summed E-state index contributed by atoms with van der Waals surface area (Å²) < 4.78 is 0. The van der Waals surface area contributed by atoms with Gasteiger partial charge < -0.3 is 0 Å². The van der Waals surface area contributed by atoms with E-state index in [1.807, 2.05) is 6.07 Å². The molecule has 0 fully saturated rings. The first-order chi connectivity index (χ1) is 7.20. The Hall–Kier alpha value is -0.750. The van der Waals surface area contributed by atoms with Crippen LogP contribution in [0.15, 0.2) is 24.3 Å². The summed E-state index contributed by atoms with van der Waals surface area (Å²) in [7, 11) is 0. The molecule has 2 rings (SSSR count). The van der Waals surface area contributed by atoms with Crippen molar-refractivity contribution in [3.8, 4) is 0 Å². The van der Waals surface area contributed by atoms with Crippen molar-refractivity contribution >= 4 is 17.2 Å². The van der Waals surface area contributed by atoms with Crippen molar-refractivity contribution in [3.05, 3.63) is 40.4 Å². The van der Waals surface area contributed by atoms with Gasteiger partial charge >= 0.3 is 0 Å². The molecule has 1 aliphatic rings. The van der Waals surface area contributed by atoms with E-state index in [2.05, 4.69) is 32.1 Å². The Morgan fingerprint density at radius 3 is 2.93 bits per heavy atom. The Balaban J connectivity index is 2.35. The Labute approximate surface area is 97.0 Å². The first kappa shape index (κ1) is 10.8. The highest BCUT2D eigenvalue weighted by atomic mass is 35.5. The van der Waals surface area contributed by atoms with Crippen LogP contribution in [0.2, 0.25) is 5.02 Å². The molecule has 0 spiro atoms. The number of fused-ring (bicyclic) bond motifs is 1. The fraction of sp³-hybridized carbons (Fsp3) is 0.429. The van der Waals surface area contributed by atoms with Gasteiger partial charge in [-0.05, 0) is 47.6 Å². The Kier molecular flexibility index (Phi) is 3.16. The summed E-state index contributed by atoms with van der Waals surface area (Å²) in [5.74, 6) is 0.671. The number of rotatable bonds is 2. The third-order valence-electron chi connectivity index (χ3n) is 3.21. The van der Waals surface area contributed by atoms with E-state index in [1.165, 1.54) is 36.0 Å². The van der Waals surface area contributed by atoms with Crippen molar-refractivity contribution in [3.63, 3.8) is 0 Å². The van der Waals surface area contributed by atoms with E-state index >= 15 is 0 Å². The summed E-state index contributed by atoms with van der Waals surface area (Å²) in [5.41, 5.74) is 4.32. The predicted octanol–water partition coefficient (Wildman–Crippen LogP) is 4.72. The van der Waals surface area contributed by atoms with Crippen molar-refractivity contribution in [1.82, 2.24) is 0 Å². The average Bonchev–Trinajstić information content (AvgIpc) is 2.61. The molecule has 0 radical (unpaired) electrons. The molecule has 1 aliphatic carbocycles. The minimum Gasteiger partial charge on any atom is -0.0843 e. The molecule has 1 unspecified atom stereocenters. The molecule has 1 atom stereocenters. The molecular formula is C14H17Cl. The molecule has 0 aliphatic heterocycles. The maximum atomic E-state index is 6.03. The fourth-order valence-corrected chi connectivity index (χ4v) is 2.28. The molecule has 0 N–H and O–H groups in total. The van der Waals surface area contributed by atoms with Crippen molar-refractivity contribution in [2.24, 2.45) is 5.92 Å². The van der Waals surface area contributed by atoms with Crippen LogP contribution in [0.4, 0.5) is 0 Å². The van der Waals surface area contributed by atoms with E-state index in [1.54, 1.807) is 0 Å². The minimum atomic E-state index is 0.671. The summed E-state index contributed by atoms with van der Waals surface area (Å²) in [6.45, 7) is 4.51. The van der Waals surface area contributed by atoms with Gasteiger partial charge in [-0.1, -0.05) is 44.0 Å². The number of halogens is 1. The SMILES string of the molecule is CCC(C)/C=C1/CCc2ccc(Cl)cc21. The second-order valence-corrected chi connectivity index (χ2v) is 4.82. The molecule has 1 aromatic carbocycles. The zero-order valence-electron chi connectivity index (χ0n) is 9.39. The van der Waals surface area contributed by atoms with Crippen molar-refractivity contribution in [2.75, 3.05) is 0 Å². The number of aryl methyl sites for hydroxylation is 1. The van der Waals surface area contributed by atoms with Gasteiger partial charge in [0.05, 0.1) is 0 Å². The quantitative estimate of drug-likeness (QED) is 0.677. The van der Waals surface area contributed by atoms with E-state index in [4.69, 9.17) is 11.6 Å². The molecule has 15 heavy (non-hydrogen) atoms. The monoisotopic (exact) mass is 220 g/mol. The minimum absolute atomic E-state index is 0.671. The summed E-state index contributed by atoms with van der Waals surface area (Å²) in [6.07, 6.45) is 5.97. The van der Waals surface area contributed by atoms with E-state index in [0.717, 1.165) is 5.02 Å². The van der Waals surface area contributed by atoms with E-state index in [-0.39, 0.29) is 0 Å². The number of allylic oxidation sites excluding steroid dienone is 2. The van der Waals surface area contributed by atoms with Crippen molar-refractivity contribution < 1.29 is 0 Å². The molecule has 0 nitrogen and oxygen atoms in total. The number of hydrogen-bond donors (Lipinski definition) is 0. The van der Waals surface area contributed by atoms with Crippen LogP contribution in [0.5, 0.6) is 0 Å². The van der Waals surface area contributed by atoms with Crippen molar-refractivity contribution in [2.45, 2.75) is 33.1 Å². The maximum absolute atomic E-state index is 6.03. The predicted molar refractivity (Wildman–Crippen MR) is 67.2 cm³/mol. The topological polar surface area (TPSA) is 0 Å². The molecule has 80 valence electrons. The van der Waals surface area contributed by atoms with E-state index < -0.39 is 0 Å². The Bertz CT molecular complexity index is 390. The molecule has 0 amide bonds. The van der Waals surface area contributed by atoms with Gasteiger partial charge in [-0.3, -0.25) is 0 Å². The zero-order chi connectivity index (χ0) is 10.8. The first-order valence-electron chi connectivity index (χ1n) is 5.70. The summed E-state index contributed by atoms with van der Waals surface area (Å²) in [6, 6.07) is 6.26. The second-order valence-electron chi connectivity index (χ2n) is 4.38. The molecule has 0 saturated carbocycles. The lowest BCUT2D eigenvalue weighted by molar-refractivity contribution is 0.698. The van der Waals surface area contributed by atoms with Crippen LogP contribution in [0, 0.1) is 5.92 Å². The van der Waals surface area contributed by atoms with Gasteiger partial charge in [0.2, 0.25) is 0 Å². The van der Waals surface area contributed by atoms with Gasteiger partial charge in [0, 0.05) is 5.02 Å². The van der Waals surface area contributed by atoms with Crippen LogP contribution in [-0.4, -0.2) is 0 Å². The lowest BCUT2D eigenvalue weighted by atomic mass is 10.0. The van der Waals surface area contributed by atoms with E-state index in [9.17, 15) is 0 Å². The van der Waals surface area contributed by atoms with Gasteiger partial charge in [-0.15, -0.1) is 0 Å². The smallest absolute Gasteiger partial charge is 0.0412 e. The van der Waals surface area contributed by atoms with Gasteiger partial charge in [0.15, 0.2) is 0 Å². The number of hydrogen-bond acceptors (Lipinski definition) is 0. The molecule has 0 aromatic heterocycles. The van der Waals surface area contributed by atoms with Crippen LogP contribution in [0.25, 0.3) is 5.57 Å². The van der Waals surface area contributed by atoms with Crippen LogP contribution in [0.1, 0.15) is 37.8 Å². The van der Waals surface area contributed by atoms with Gasteiger partial charge in [-0.2, -0.15) is 0 Å². The second kappa shape index (κ2) is 4.40. The molecule has 0 saturated heterocycles. The highest BCUT2D eigenvalue weighted by Gasteiger charge is 2.16. The normalized spacial score (nSPS) is 19.3. The third-order valence-corrected chi connectivity index (χ3v) is 3.45. The molecule has 1 aromatic rings. The summed E-state index contributed by atoms with van der Waals surface area (Å²) in [4.78, 5) is 0. The highest BCUT2D eigenvalue weighted by Crippen LogP contribution is 2.34. The van der Waals surface area contributed by atoms with Crippen LogP contribution in [0.3, 0.4) is 0 Å². The van der Waals surface area contributed by atoms with Gasteiger partial charge in [0.1, 0.15) is 0 Å². The average molecular weight is 221 g/mol. The standard InChI is InChI=1S/C14H17Cl/c1-3-10(2)8-12-5-4-11-6-7-13(15)9-14(11)12/h6-10H,3-5H2,1-2H3/b12-8-. The van der Waals surface area contributed by atoms with Gasteiger partial charge in [0.25, 0.3) is 0 Å². The maximum Gasteiger partial charge on any atom is 0.0412 e. The zero-order valence-corrected chi connectivity index (χ0v) is 10.1. The lowest BCUT2D eigenvalue weighted by Gasteiger charge is -2.06. The van der Waals surface area contributed by atoms with E-state index in [0.29, 0.717) is 5.92 Å².